The van der Waals surface area contributed by atoms with Crippen molar-refractivity contribution in [2.24, 2.45) is 0 Å². The Labute approximate surface area is 169 Å². The molecule has 1 amide bonds. The number of nitrogens with zero attached hydrogens (tertiary/aromatic N) is 3. The molecule has 148 valence electrons. The molecule has 0 atom stereocenters. The Kier molecular flexibility index (Phi) is 5.29. The molecule has 3 aromatic rings. The largest absolute Gasteiger partial charge is 0.497 e. The molecule has 4 rings (SSSR count). The fraction of sp³-hybridized carbons (Fsp3) is 0.227. The summed E-state index contributed by atoms with van der Waals surface area (Å²) in [5.41, 5.74) is 3.64. The predicted molar refractivity (Wildman–Crippen MR) is 110 cm³/mol. The molecule has 0 spiro atoms. The number of hydrogen-bond acceptors (Lipinski definition) is 6. The van der Waals surface area contributed by atoms with Crippen molar-refractivity contribution >= 4 is 17.5 Å². The zero-order chi connectivity index (χ0) is 20.2. The van der Waals surface area contributed by atoms with Gasteiger partial charge in [-0.15, -0.1) is 0 Å². The lowest BCUT2D eigenvalue weighted by Gasteiger charge is -2.28. The van der Waals surface area contributed by atoms with Crippen LogP contribution in [-0.2, 0) is 13.0 Å². The Bertz CT molecular complexity index is 1020. The zero-order valence-corrected chi connectivity index (χ0v) is 16.4. The molecule has 1 aromatic heterocycles. The highest BCUT2D eigenvalue weighted by atomic mass is 16.5. The summed E-state index contributed by atoms with van der Waals surface area (Å²) in [4.78, 5) is 23.3. The normalized spacial score (nSPS) is 12.8. The molecule has 0 unspecified atom stereocenters. The first kappa shape index (κ1) is 18.7. The molecule has 0 radical (unpaired) electrons. The number of carbonyl (C=O) groups excluding carboxylic acids is 1. The smallest absolute Gasteiger partial charge is 0.257 e. The number of nitrogens with one attached hydrogen (secondary N) is 1. The maximum atomic E-state index is 12.9. The molecule has 0 saturated heterocycles. The van der Waals surface area contributed by atoms with E-state index in [4.69, 9.17) is 9.47 Å². The minimum atomic E-state index is -0.0648. The summed E-state index contributed by atoms with van der Waals surface area (Å²) in [7, 11) is 3.19. The van der Waals surface area contributed by atoms with Gasteiger partial charge in [-0.1, -0.05) is 24.3 Å². The van der Waals surface area contributed by atoms with E-state index in [9.17, 15) is 4.79 Å². The molecular weight excluding hydrogens is 368 g/mol. The van der Waals surface area contributed by atoms with Gasteiger partial charge in [0.1, 0.15) is 11.5 Å². The van der Waals surface area contributed by atoms with E-state index in [1.807, 2.05) is 23.1 Å². The summed E-state index contributed by atoms with van der Waals surface area (Å²) in [5.74, 6) is 1.63. The van der Waals surface area contributed by atoms with Gasteiger partial charge in [0.25, 0.3) is 5.91 Å². The van der Waals surface area contributed by atoms with Gasteiger partial charge in [-0.05, 0) is 29.7 Å². The lowest BCUT2D eigenvalue weighted by molar-refractivity contribution is 0.0734. The van der Waals surface area contributed by atoms with Crippen molar-refractivity contribution in [2.45, 2.75) is 13.0 Å². The quantitative estimate of drug-likeness (QED) is 0.719. The maximum Gasteiger partial charge on any atom is 0.257 e. The van der Waals surface area contributed by atoms with Gasteiger partial charge in [-0.2, -0.15) is 0 Å². The number of benzene rings is 2. The number of amides is 1. The average molecular weight is 390 g/mol. The van der Waals surface area contributed by atoms with E-state index in [1.54, 1.807) is 38.7 Å². The minimum absolute atomic E-state index is 0.0648. The second-order valence-electron chi connectivity index (χ2n) is 6.73. The van der Waals surface area contributed by atoms with E-state index in [-0.39, 0.29) is 5.91 Å². The van der Waals surface area contributed by atoms with Gasteiger partial charge in [0, 0.05) is 31.5 Å². The van der Waals surface area contributed by atoms with Gasteiger partial charge in [-0.3, -0.25) is 4.79 Å². The highest BCUT2D eigenvalue weighted by molar-refractivity contribution is 5.93. The molecule has 29 heavy (non-hydrogen) atoms. The number of fused-ring (bicyclic) bond motifs is 1. The summed E-state index contributed by atoms with van der Waals surface area (Å²) in [6, 6.07) is 13.6. The standard InChI is InChI=1S/C22H22N4O3/c1-28-18-7-8-20(29-2)19(11-18)25-22-23-12-17(13-24-22)21(27)26-10-9-15-5-3-4-6-16(15)14-26/h3-8,11-13H,9-10,14H2,1-2H3,(H,23,24,25). The Morgan fingerprint density at radius 3 is 2.52 bits per heavy atom. The third-order valence-electron chi connectivity index (χ3n) is 4.97. The Morgan fingerprint density at radius 2 is 1.79 bits per heavy atom. The Hall–Kier alpha value is -3.61. The first-order valence-corrected chi connectivity index (χ1v) is 9.35. The van der Waals surface area contributed by atoms with Gasteiger partial charge in [0.15, 0.2) is 0 Å². The van der Waals surface area contributed by atoms with Gasteiger partial charge in [-0.25, -0.2) is 9.97 Å². The van der Waals surface area contributed by atoms with Crippen molar-refractivity contribution in [1.82, 2.24) is 14.9 Å². The van der Waals surface area contributed by atoms with Crippen LogP contribution >= 0.6 is 0 Å². The van der Waals surface area contributed by atoms with E-state index in [1.165, 1.54) is 11.1 Å². The van der Waals surface area contributed by atoms with Crippen LogP contribution in [0.15, 0.2) is 54.9 Å². The van der Waals surface area contributed by atoms with Gasteiger partial charge in [0.2, 0.25) is 5.95 Å². The molecule has 0 bridgehead atoms. The lowest BCUT2D eigenvalue weighted by atomic mass is 9.99. The molecule has 7 nitrogen and oxygen atoms in total. The molecular formula is C22H22N4O3. The van der Waals surface area contributed by atoms with Crippen molar-refractivity contribution in [3.8, 4) is 11.5 Å². The Balaban J connectivity index is 1.48. The molecule has 7 heteroatoms. The second kappa shape index (κ2) is 8.18. The SMILES string of the molecule is COc1ccc(OC)c(Nc2ncc(C(=O)N3CCc4ccccc4C3)cn2)c1. The van der Waals surface area contributed by atoms with Crippen LogP contribution in [-0.4, -0.2) is 41.5 Å². The number of carbonyl (C=O) groups is 1. The summed E-state index contributed by atoms with van der Waals surface area (Å²) < 4.78 is 10.6. The highest BCUT2D eigenvalue weighted by Gasteiger charge is 2.22. The van der Waals surface area contributed by atoms with Crippen LogP contribution in [0, 0.1) is 0 Å². The number of rotatable bonds is 5. The van der Waals surface area contributed by atoms with E-state index in [0.717, 1.165) is 6.42 Å². The first-order valence-electron chi connectivity index (χ1n) is 9.35. The number of ether oxygens (including phenoxy) is 2. The fourth-order valence-electron chi connectivity index (χ4n) is 3.39. The molecule has 2 heterocycles. The molecule has 0 saturated carbocycles. The topological polar surface area (TPSA) is 76.6 Å². The fourth-order valence-corrected chi connectivity index (χ4v) is 3.39. The number of methoxy groups -OCH3 is 2. The maximum absolute atomic E-state index is 12.9. The third kappa shape index (κ3) is 3.99. The van der Waals surface area contributed by atoms with E-state index < -0.39 is 0 Å². The molecule has 0 fully saturated rings. The van der Waals surface area contributed by atoms with E-state index in [0.29, 0.717) is 41.8 Å². The summed E-state index contributed by atoms with van der Waals surface area (Å²) in [6.45, 7) is 1.30. The van der Waals surface area contributed by atoms with Crippen molar-refractivity contribution in [2.75, 3.05) is 26.1 Å². The molecule has 1 aliphatic rings. The summed E-state index contributed by atoms with van der Waals surface area (Å²) >= 11 is 0. The van der Waals surface area contributed by atoms with Crippen molar-refractivity contribution in [3.63, 3.8) is 0 Å². The van der Waals surface area contributed by atoms with Crippen LogP contribution in [0.1, 0.15) is 21.5 Å². The van der Waals surface area contributed by atoms with Gasteiger partial charge in [0.05, 0.1) is 25.5 Å². The third-order valence-corrected chi connectivity index (χ3v) is 4.97. The second-order valence-corrected chi connectivity index (χ2v) is 6.73. The Morgan fingerprint density at radius 1 is 1.03 bits per heavy atom. The van der Waals surface area contributed by atoms with Gasteiger partial charge < -0.3 is 19.7 Å². The first-order chi connectivity index (χ1) is 14.2. The molecule has 2 aromatic carbocycles. The van der Waals surface area contributed by atoms with Crippen molar-refractivity contribution in [3.05, 3.63) is 71.5 Å². The van der Waals surface area contributed by atoms with E-state index in [2.05, 4.69) is 27.4 Å². The lowest BCUT2D eigenvalue weighted by Crippen LogP contribution is -2.36. The monoisotopic (exact) mass is 390 g/mol. The van der Waals surface area contributed by atoms with Gasteiger partial charge >= 0.3 is 0 Å². The number of anilines is 2. The van der Waals surface area contributed by atoms with Crippen LogP contribution in [0.5, 0.6) is 11.5 Å². The summed E-state index contributed by atoms with van der Waals surface area (Å²) in [6.07, 6.45) is 3.95. The molecule has 1 N–H and O–H groups in total. The van der Waals surface area contributed by atoms with Crippen molar-refractivity contribution < 1.29 is 14.3 Å². The number of aromatic nitrogens is 2. The van der Waals surface area contributed by atoms with Crippen LogP contribution in [0.4, 0.5) is 11.6 Å². The number of hydrogen-bond donors (Lipinski definition) is 1. The zero-order valence-electron chi connectivity index (χ0n) is 16.4. The summed E-state index contributed by atoms with van der Waals surface area (Å²) in [5, 5.41) is 3.10. The van der Waals surface area contributed by atoms with Crippen LogP contribution in [0.25, 0.3) is 0 Å². The van der Waals surface area contributed by atoms with Crippen molar-refractivity contribution in [1.29, 1.82) is 0 Å². The van der Waals surface area contributed by atoms with Crippen LogP contribution in [0.2, 0.25) is 0 Å². The predicted octanol–water partition coefficient (Wildman–Crippen LogP) is 3.44. The minimum Gasteiger partial charge on any atom is -0.497 e. The van der Waals surface area contributed by atoms with Crippen LogP contribution in [0.3, 0.4) is 0 Å². The molecule has 1 aliphatic heterocycles. The highest BCUT2D eigenvalue weighted by Crippen LogP contribution is 2.30. The molecule has 0 aliphatic carbocycles. The average Bonchev–Trinajstić information content (AvgIpc) is 2.78. The van der Waals surface area contributed by atoms with E-state index >= 15 is 0 Å². The van der Waals surface area contributed by atoms with Crippen LogP contribution < -0.4 is 14.8 Å².